The van der Waals surface area contributed by atoms with Crippen LogP contribution in [0.4, 0.5) is 5.69 Å². The van der Waals surface area contributed by atoms with Gasteiger partial charge in [-0.1, -0.05) is 22.9 Å². The smallest absolute Gasteiger partial charge is 0.270 e. The summed E-state index contributed by atoms with van der Waals surface area (Å²) in [5, 5.41) is 14.5. The monoisotopic (exact) mass is 355 g/mol. The maximum Gasteiger partial charge on any atom is 0.270 e. The highest BCUT2D eigenvalue weighted by molar-refractivity contribution is 9.10. The van der Waals surface area contributed by atoms with Gasteiger partial charge in [0.15, 0.2) is 0 Å². The van der Waals surface area contributed by atoms with Gasteiger partial charge in [-0.2, -0.15) is 0 Å². The third-order valence-electron chi connectivity index (χ3n) is 3.74. The van der Waals surface area contributed by atoms with Gasteiger partial charge in [0.2, 0.25) is 0 Å². The van der Waals surface area contributed by atoms with Crippen molar-refractivity contribution in [2.24, 2.45) is 0 Å². The topological polar surface area (TPSA) is 58.4 Å². The van der Waals surface area contributed by atoms with E-state index in [1.807, 2.05) is 6.07 Å². The van der Waals surface area contributed by atoms with E-state index in [0.717, 1.165) is 42.6 Å². The summed E-state index contributed by atoms with van der Waals surface area (Å²) in [5.74, 6) is 0. The Morgan fingerprint density at radius 3 is 2.90 bits per heavy atom. The first-order valence-corrected chi connectivity index (χ1v) is 8.27. The molecule has 1 saturated heterocycles. The van der Waals surface area contributed by atoms with Gasteiger partial charge < -0.3 is 5.32 Å². The fraction of sp³-hybridized carbons (Fsp3) is 0.600. The van der Waals surface area contributed by atoms with Crippen LogP contribution in [0.2, 0.25) is 0 Å². The van der Waals surface area contributed by atoms with Crippen LogP contribution in [0.15, 0.2) is 22.7 Å². The molecule has 0 radical (unpaired) electrons. The molecule has 2 rings (SSSR count). The number of hydrogen-bond acceptors (Lipinski definition) is 4. The molecule has 116 valence electrons. The molecule has 0 aromatic heterocycles. The number of halogens is 1. The summed E-state index contributed by atoms with van der Waals surface area (Å²) in [4.78, 5) is 13.0. The molecule has 6 heteroatoms. The number of hydrogen-bond donors (Lipinski definition) is 1. The molecule has 1 N–H and O–H groups in total. The summed E-state index contributed by atoms with van der Waals surface area (Å²) in [7, 11) is 0. The van der Waals surface area contributed by atoms with Gasteiger partial charge in [-0.3, -0.25) is 15.0 Å². The van der Waals surface area contributed by atoms with Crippen molar-refractivity contribution in [1.29, 1.82) is 0 Å². The molecular weight excluding hydrogens is 334 g/mol. The molecule has 0 spiro atoms. The van der Waals surface area contributed by atoms with E-state index in [9.17, 15) is 10.1 Å². The average Bonchev–Trinajstić information content (AvgIpc) is 2.91. The van der Waals surface area contributed by atoms with Crippen molar-refractivity contribution in [2.45, 2.75) is 38.8 Å². The van der Waals surface area contributed by atoms with Crippen molar-refractivity contribution in [3.05, 3.63) is 38.3 Å². The molecule has 1 aliphatic heterocycles. The van der Waals surface area contributed by atoms with Crippen molar-refractivity contribution in [3.63, 3.8) is 0 Å². The number of benzene rings is 1. The standard InChI is InChI=1S/C15H22BrN3O2/c1-2-6-18(11-14-4-3-5-17-14)10-12-7-13(16)9-15(8-12)19(20)21/h7-9,14,17H,2-6,10-11H2,1H3. The van der Waals surface area contributed by atoms with Gasteiger partial charge in [-0.25, -0.2) is 0 Å². The molecule has 5 nitrogen and oxygen atoms in total. The van der Waals surface area contributed by atoms with E-state index >= 15 is 0 Å². The van der Waals surface area contributed by atoms with Gasteiger partial charge in [0.25, 0.3) is 5.69 Å². The van der Waals surface area contributed by atoms with Crippen molar-refractivity contribution in [2.75, 3.05) is 19.6 Å². The lowest BCUT2D eigenvalue weighted by molar-refractivity contribution is -0.385. The highest BCUT2D eigenvalue weighted by atomic mass is 79.9. The van der Waals surface area contributed by atoms with Crippen LogP contribution in [0.3, 0.4) is 0 Å². The molecule has 1 aliphatic rings. The first kappa shape index (κ1) is 16.4. The molecule has 0 bridgehead atoms. The number of rotatable bonds is 7. The Bertz CT molecular complexity index is 490. The van der Waals surface area contributed by atoms with Crippen LogP contribution in [-0.2, 0) is 6.54 Å². The Morgan fingerprint density at radius 1 is 1.48 bits per heavy atom. The Hall–Kier alpha value is -0.980. The first-order valence-electron chi connectivity index (χ1n) is 7.48. The summed E-state index contributed by atoms with van der Waals surface area (Å²) in [6, 6.07) is 5.75. The van der Waals surface area contributed by atoms with Gasteiger partial charge in [-0.15, -0.1) is 0 Å². The quantitative estimate of drug-likeness (QED) is 0.602. The maximum absolute atomic E-state index is 11.0. The highest BCUT2D eigenvalue weighted by Gasteiger charge is 2.18. The third kappa shape index (κ3) is 5.05. The van der Waals surface area contributed by atoms with Crippen LogP contribution >= 0.6 is 15.9 Å². The van der Waals surface area contributed by atoms with Gasteiger partial charge >= 0.3 is 0 Å². The zero-order valence-electron chi connectivity index (χ0n) is 12.3. The van der Waals surface area contributed by atoms with Gasteiger partial charge in [0.05, 0.1) is 4.92 Å². The highest BCUT2D eigenvalue weighted by Crippen LogP contribution is 2.22. The second-order valence-electron chi connectivity index (χ2n) is 5.60. The molecule has 1 aromatic rings. The van der Waals surface area contributed by atoms with Crippen molar-refractivity contribution in [3.8, 4) is 0 Å². The Morgan fingerprint density at radius 2 is 2.29 bits per heavy atom. The van der Waals surface area contributed by atoms with E-state index < -0.39 is 0 Å². The third-order valence-corrected chi connectivity index (χ3v) is 4.20. The summed E-state index contributed by atoms with van der Waals surface area (Å²) in [6.07, 6.45) is 3.55. The van der Waals surface area contributed by atoms with E-state index in [2.05, 4.69) is 33.1 Å². The van der Waals surface area contributed by atoms with Crippen LogP contribution in [0.25, 0.3) is 0 Å². The van der Waals surface area contributed by atoms with E-state index in [0.29, 0.717) is 6.04 Å². The van der Waals surface area contributed by atoms with Crippen molar-refractivity contribution in [1.82, 2.24) is 10.2 Å². The largest absolute Gasteiger partial charge is 0.313 e. The number of nitrogens with zero attached hydrogens (tertiary/aromatic N) is 2. The summed E-state index contributed by atoms with van der Waals surface area (Å²) < 4.78 is 0.766. The van der Waals surface area contributed by atoms with E-state index in [1.54, 1.807) is 12.1 Å². The number of nitro benzene ring substituents is 1. The van der Waals surface area contributed by atoms with E-state index in [4.69, 9.17) is 0 Å². The second kappa shape index (κ2) is 7.87. The maximum atomic E-state index is 11.0. The average molecular weight is 356 g/mol. The Labute approximate surface area is 134 Å². The lowest BCUT2D eigenvalue weighted by atomic mass is 10.1. The van der Waals surface area contributed by atoms with Crippen LogP contribution in [0, 0.1) is 10.1 Å². The predicted octanol–water partition coefficient (Wildman–Crippen LogP) is 3.32. The second-order valence-corrected chi connectivity index (χ2v) is 6.52. The van der Waals surface area contributed by atoms with E-state index in [1.165, 1.54) is 12.8 Å². The lowest BCUT2D eigenvalue weighted by Crippen LogP contribution is -2.37. The van der Waals surface area contributed by atoms with Gasteiger partial charge in [0, 0.05) is 35.7 Å². The fourth-order valence-corrected chi connectivity index (χ4v) is 3.39. The van der Waals surface area contributed by atoms with Gasteiger partial charge in [-0.05, 0) is 44.0 Å². The number of nitro groups is 1. The van der Waals surface area contributed by atoms with Crippen LogP contribution in [0.1, 0.15) is 31.7 Å². The molecule has 21 heavy (non-hydrogen) atoms. The summed E-state index contributed by atoms with van der Waals surface area (Å²) in [5.41, 5.74) is 1.14. The van der Waals surface area contributed by atoms with Crippen LogP contribution < -0.4 is 5.32 Å². The zero-order valence-corrected chi connectivity index (χ0v) is 13.9. The lowest BCUT2D eigenvalue weighted by Gasteiger charge is -2.25. The molecule has 0 aliphatic carbocycles. The minimum Gasteiger partial charge on any atom is -0.313 e. The molecule has 1 fully saturated rings. The number of non-ortho nitro benzene ring substituents is 1. The number of nitrogens with one attached hydrogen (secondary N) is 1. The van der Waals surface area contributed by atoms with Gasteiger partial charge in [0.1, 0.15) is 0 Å². The molecular formula is C15H22BrN3O2. The molecule has 1 heterocycles. The molecule has 1 atom stereocenters. The van der Waals surface area contributed by atoms with Crippen molar-refractivity contribution >= 4 is 21.6 Å². The Kier molecular flexibility index (Phi) is 6.14. The molecule has 1 unspecified atom stereocenters. The SMILES string of the molecule is CCCN(Cc1cc(Br)cc([N+](=O)[O-])c1)CC1CCCN1. The van der Waals surface area contributed by atoms with E-state index in [-0.39, 0.29) is 10.6 Å². The van der Waals surface area contributed by atoms with Crippen LogP contribution in [0.5, 0.6) is 0 Å². The minimum atomic E-state index is -0.336. The predicted molar refractivity (Wildman–Crippen MR) is 87.4 cm³/mol. The Balaban J connectivity index is 2.06. The summed E-state index contributed by atoms with van der Waals surface area (Å²) in [6.45, 7) is 6.05. The molecule has 0 saturated carbocycles. The minimum absolute atomic E-state index is 0.148. The zero-order chi connectivity index (χ0) is 15.2. The fourth-order valence-electron chi connectivity index (χ4n) is 2.86. The van der Waals surface area contributed by atoms with Crippen molar-refractivity contribution < 1.29 is 4.92 Å². The molecule has 0 amide bonds. The first-order chi connectivity index (χ1) is 10.1. The normalized spacial score (nSPS) is 18.3. The summed E-state index contributed by atoms with van der Waals surface area (Å²) >= 11 is 3.36. The van der Waals surface area contributed by atoms with Crippen LogP contribution in [-0.4, -0.2) is 35.5 Å². The molecule has 1 aromatic carbocycles.